The normalized spacial score (nSPS) is 10.4. The highest BCUT2D eigenvalue weighted by Crippen LogP contribution is 2.21. The van der Waals surface area contributed by atoms with Gasteiger partial charge in [-0.15, -0.1) is 24.8 Å². The lowest BCUT2D eigenvalue weighted by molar-refractivity contribution is 0.515. The lowest BCUT2D eigenvalue weighted by atomic mass is 9.93. The summed E-state index contributed by atoms with van der Waals surface area (Å²) in [6, 6.07) is 3.59. The van der Waals surface area contributed by atoms with Crippen LogP contribution in [0.3, 0.4) is 0 Å². The molecule has 0 aliphatic heterocycles. The van der Waals surface area contributed by atoms with Crippen molar-refractivity contribution in [3.63, 3.8) is 0 Å². The fourth-order valence-electron chi connectivity index (χ4n) is 1.36. The third-order valence-corrected chi connectivity index (χ3v) is 2.24. The van der Waals surface area contributed by atoms with Crippen LogP contribution in [0.2, 0.25) is 0 Å². The van der Waals surface area contributed by atoms with E-state index in [4.69, 9.17) is 11.5 Å². The van der Waals surface area contributed by atoms with Crippen LogP contribution in [0.1, 0.15) is 11.4 Å². The number of hydrogen-bond donors (Lipinski definition) is 4. The maximum absolute atomic E-state index is 6.14. The van der Waals surface area contributed by atoms with Gasteiger partial charge >= 0.3 is 0 Å². The Bertz CT molecular complexity index is 350. The first-order valence-corrected chi connectivity index (χ1v) is 4.27. The Morgan fingerprint density at radius 1 is 1.06 bits per heavy atom. The molecule has 16 heavy (non-hydrogen) atoms. The molecule has 0 saturated carbocycles. The van der Waals surface area contributed by atoms with E-state index in [-0.39, 0.29) is 31.4 Å². The van der Waals surface area contributed by atoms with Crippen molar-refractivity contribution in [2.75, 3.05) is 6.54 Å². The van der Waals surface area contributed by atoms with Crippen LogP contribution >= 0.6 is 24.8 Å². The molecule has 0 fully saturated rings. The molecule has 0 atom stereocenters. The Morgan fingerprint density at radius 2 is 1.50 bits per heavy atom. The highest BCUT2D eigenvalue weighted by atomic mass is 35.5. The molecule has 8 heteroatoms. The van der Waals surface area contributed by atoms with Crippen molar-refractivity contribution in [2.45, 2.75) is 5.54 Å². The van der Waals surface area contributed by atoms with Crippen LogP contribution in [0.15, 0.2) is 24.5 Å². The molecule has 6 nitrogen and oxygen atoms in total. The van der Waals surface area contributed by atoms with E-state index in [1.54, 1.807) is 24.5 Å². The quantitative estimate of drug-likeness (QED) is 0.632. The summed E-state index contributed by atoms with van der Waals surface area (Å²) in [4.78, 5) is 0. The summed E-state index contributed by atoms with van der Waals surface area (Å²) < 4.78 is 0. The van der Waals surface area contributed by atoms with E-state index in [1.807, 2.05) is 0 Å². The second kappa shape index (κ2) is 5.86. The monoisotopic (exact) mass is 264 g/mol. The zero-order valence-electron chi connectivity index (χ0n) is 8.38. The largest absolute Gasteiger partial charge is 0.328 e. The smallest absolute Gasteiger partial charge is 0.117 e. The standard InChI is InChI=1S/C8H12N6.2ClH/c9-5-8(10,6-1-3-11-13-6)7-2-4-12-14-7;;/h1-4H,5,9-10H2,(H,11,13)(H,12,14);2*1H. The summed E-state index contributed by atoms with van der Waals surface area (Å²) in [6.45, 7) is 0.253. The number of nitrogens with zero attached hydrogens (tertiary/aromatic N) is 2. The van der Waals surface area contributed by atoms with Crippen molar-refractivity contribution in [2.24, 2.45) is 11.5 Å². The van der Waals surface area contributed by atoms with Crippen LogP contribution in [0.5, 0.6) is 0 Å². The fraction of sp³-hybridized carbons (Fsp3) is 0.250. The van der Waals surface area contributed by atoms with Gasteiger partial charge in [0, 0.05) is 18.9 Å². The SMILES string of the molecule is Cl.Cl.NCC(N)(c1cc[nH]n1)c1cc[nH]n1. The summed E-state index contributed by atoms with van der Waals surface area (Å²) in [5.41, 5.74) is 12.4. The topological polar surface area (TPSA) is 109 Å². The molecule has 2 heterocycles. The van der Waals surface area contributed by atoms with E-state index >= 15 is 0 Å². The second-order valence-corrected chi connectivity index (χ2v) is 3.09. The minimum absolute atomic E-state index is 0. The molecule has 6 N–H and O–H groups in total. The summed E-state index contributed by atoms with van der Waals surface area (Å²) in [5, 5.41) is 13.5. The first-order chi connectivity index (χ1) is 6.77. The Morgan fingerprint density at radius 3 is 1.75 bits per heavy atom. The molecule has 2 aromatic heterocycles. The van der Waals surface area contributed by atoms with E-state index in [2.05, 4.69) is 20.4 Å². The van der Waals surface area contributed by atoms with Gasteiger partial charge in [0.2, 0.25) is 0 Å². The molecule has 0 aromatic carbocycles. The lowest BCUT2D eigenvalue weighted by Gasteiger charge is -2.23. The van der Waals surface area contributed by atoms with Crippen LogP contribution in [0.4, 0.5) is 0 Å². The highest BCUT2D eigenvalue weighted by Gasteiger charge is 2.32. The van der Waals surface area contributed by atoms with E-state index in [9.17, 15) is 0 Å². The maximum Gasteiger partial charge on any atom is 0.117 e. The number of nitrogens with one attached hydrogen (secondary N) is 2. The van der Waals surface area contributed by atoms with E-state index in [0.29, 0.717) is 11.4 Å². The molecule has 0 spiro atoms. The Hall–Kier alpha value is -1.08. The third kappa shape index (κ3) is 2.35. The zero-order chi connectivity index (χ0) is 10.0. The summed E-state index contributed by atoms with van der Waals surface area (Å²) in [5.74, 6) is 0. The van der Waals surface area contributed by atoms with E-state index in [0.717, 1.165) is 0 Å². The van der Waals surface area contributed by atoms with Crippen LogP contribution in [-0.2, 0) is 5.54 Å². The average Bonchev–Trinajstić information content (AvgIpc) is 2.88. The maximum atomic E-state index is 6.14. The Balaban J connectivity index is 0.00000112. The second-order valence-electron chi connectivity index (χ2n) is 3.09. The number of H-pyrrole nitrogens is 2. The molecule has 0 radical (unpaired) electrons. The van der Waals surface area contributed by atoms with Crippen LogP contribution in [0.25, 0.3) is 0 Å². The fourth-order valence-corrected chi connectivity index (χ4v) is 1.36. The molecule has 2 aromatic rings. The van der Waals surface area contributed by atoms with Gasteiger partial charge in [0.05, 0.1) is 11.4 Å². The first-order valence-electron chi connectivity index (χ1n) is 4.27. The van der Waals surface area contributed by atoms with Crippen molar-refractivity contribution >= 4 is 24.8 Å². The molecule has 0 bridgehead atoms. The lowest BCUT2D eigenvalue weighted by Crippen LogP contribution is -2.45. The van der Waals surface area contributed by atoms with Gasteiger partial charge in [-0.3, -0.25) is 10.2 Å². The van der Waals surface area contributed by atoms with Crippen LogP contribution in [0, 0.1) is 0 Å². The van der Waals surface area contributed by atoms with E-state index < -0.39 is 5.54 Å². The van der Waals surface area contributed by atoms with Gasteiger partial charge in [0.25, 0.3) is 0 Å². The molecule has 0 aliphatic rings. The van der Waals surface area contributed by atoms with Crippen LogP contribution < -0.4 is 11.5 Å². The molecular formula is C8H14Cl2N6. The summed E-state index contributed by atoms with van der Waals surface area (Å²) in [6.07, 6.45) is 3.42. The Labute approximate surface area is 105 Å². The molecule has 2 rings (SSSR count). The molecular weight excluding hydrogens is 251 g/mol. The molecule has 0 aliphatic carbocycles. The van der Waals surface area contributed by atoms with Crippen molar-refractivity contribution in [1.29, 1.82) is 0 Å². The zero-order valence-corrected chi connectivity index (χ0v) is 10.0. The molecule has 0 unspecified atom stereocenters. The number of nitrogens with two attached hydrogens (primary N) is 2. The van der Waals surface area contributed by atoms with Gasteiger partial charge in [0.15, 0.2) is 0 Å². The van der Waals surface area contributed by atoms with E-state index in [1.165, 1.54) is 0 Å². The van der Waals surface area contributed by atoms with Gasteiger partial charge in [-0.05, 0) is 12.1 Å². The summed E-state index contributed by atoms with van der Waals surface area (Å²) in [7, 11) is 0. The predicted octanol–water partition coefficient (Wildman–Crippen LogP) is 0.137. The summed E-state index contributed by atoms with van der Waals surface area (Å²) >= 11 is 0. The predicted molar refractivity (Wildman–Crippen MR) is 65.7 cm³/mol. The molecule has 0 saturated heterocycles. The van der Waals surface area contributed by atoms with Crippen molar-refractivity contribution in [3.8, 4) is 0 Å². The van der Waals surface area contributed by atoms with Crippen molar-refractivity contribution < 1.29 is 0 Å². The number of rotatable bonds is 3. The van der Waals surface area contributed by atoms with Gasteiger partial charge < -0.3 is 11.5 Å². The molecule has 0 amide bonds. The number of halogens is 2. The van der Waals surface area contributed by atoms with Gasteiger partial charge in [0.1, 0.15) is 5.54 Å². The van der Waals surface area contributed by atoms with Gasteiger partial charge in [-0.2, -0.15) is 10.2 Å². The minimum Gasteiger partial charge on any atom is -0.328 e. The number of aromatic amines is 2. The average molecular weight is 265 g/mol. The van der Waals surface area contributed by atoms with Crippen LogP contribution in [-0.4, -0.2) is 26.9 Å². The van der Waals surface area contributed by atoms with Gasteiger partial charge in [-0.1, -0.05) is 0 Å². The first kappa shape index (κ1) is 14.9. The number of hydrogen-bond acceptors (Lipinski definition) is 4. The van der Waals surface area contributed by atoms with Gasteiger partial charge in [-0.25, -0.2) is 0 Å². The minimum atomic E-state index is -0.819. The van der Waals surface area contributed by atoms with Crippen molar-refractivity contribution in [3.05, 3.63) is 35.9 Å². The number of aromatic nitrogens is 4. The highest BCUT2D eigenvalue weighted by molar-refractivity contribution is 5.85. The Kier molecular flexibility index (Phi) is 5.46. The molecule has 90 valence electrons. The van der Waals surface area contributed by atoms with Crippen molar-refractivity contribution in [1.82, 2.24) is 20.4 Å². The third-order valence-electron chi connectivity index (χ3n) is 2.24.